The summed E-state index contributed by atoms with van der Waals surface area (Å²) in [6.07, 6.45) is 1.99. The SMILES string of the molecule is Cc1cc(C(=O)N2CCC(N(C)C)CC2)nc(Cl)n1. The molecule has 1 aliphatic rings. The Bertz CT molecular complexity index is 449. The molecule has 104 valence electrons. The summed E-state index contributed by atoms with van der Waals surface area (Å²) in [7, 11) is 4.16. The number of amides is 1. The Kier molecular flexibility index (Phi) is 4.37. The van der Waals surface area contributed by atoms with Crippen molar-refractivity contribution in [2.24, 2.45) is 0 Å². The smallest absolute Gasteiger partial charge is 0.272 e. The molecule has 2 heterocycles. The molecule has 2 rings (SSSR count). The van der Waals surface area contributed by atoms with Gasteiger partial charge < -0.3 is 9.80 Å². The summed E-state index contributed by atoms with van der Waals surface area (Å²) in [5, 5.41) is 0.131. The van der Waals surface area contributed by atoms with Crippen molar-refractivity contribution < 1.29 is 4.79 Å². The highest BCUT2D eigenvalue weighted by Crippen LogP contribution is 2.17. The van der Waals surface area contributed by atoms with Gasteiger partial charge in [0.25, 0.3) is 5.91 Å². The summed E-state index contributed by atoms with van der Waals surface area (Å²) in [5.74, 6) is -0.0513. The topological polar surface area (TPSA) is 49.3 Å². The zero-order chi connectivity index (χ0) is 14.0. The van der Waals surface area contributed by atoms with Gasteiger partial charge in [-0.1, -0.05) is 0 Å². The first-order chi connectivity index (χ1) is 8.97. The van der Waals surface area contributed by atoms with E-state index in [2.05, 4.69) is 29.0 Å². The minimum absolute atomic E-state index is 0.0513. The highest BCUT2D eigenvalue weighted by Gasteiger charge is 2.25. The summed E-state index contributed by atoms with van der Waals surface area (Å²) in [6.45, 7) is 3.34. The van der Waals surface area contributed by atoms with Gasteiger partial charge in [-0.2, -0.15) is 0 Å². The summed E-state index contributed by atoms with van der Waals surface area (Å²) in [4.78, 5) is 24.4. The lowest BCUT2D eigenvalue weighted by Gasteiger charge is -2.35. The predicted octanol–water partition coefficient (Wildman–Crippen LogP) is 1.60. The molecule has 0 atom stereocenters. The van der Waals surface area contributed by atoms with Crippen LogP contribution in [0.1, 0.15) is 29.0 Å². The van der Waals surface area contributed by atoms with Crippen LogP contribution >= 0.6 is 11.6 Å². The summed E-state index contributed by atoms with van der Waals surface area (Å²) in [5.41, 5.74) is 1.10. The van der Waals surface area contributed by atoms with Crippen LogP contribution in [0.3, 0.4) is 0 Å². The molecule has 1 fully saturated rings. The van der Waals surface area contributed by atoms with Crippen LogP contribution in [0.5, 0.6) is 0 Å². The number of carbonyl (C=O) groups excluding carboxylic acids is 1. The van der Waals surface area contributed by atoms with Gasteiger partial charge in [-0.3, -0.25) is 4.79 Å². The van der Waals surface area contributed by atoms with E-state index in [1.54, 1.807) is 6.07 Å². The molecule has 1 saturated heterocycles. The van der Waals surface area contributed by atoms with E-state index in [1.165, 1.54) is 0 Å². The van der Waals surface area contributed by atoms with Crippen molar-refractivity contribution >= 4 is 17.5 Å². The molecule has 1 aromatic rings. The van der Waals surface area contributed by atoms with Gasteiger partial charge in [0.2, 0.25) is 5.28 Å². The molecule has 0 saturated carbocycles. The Hall–Kier alpha value is -1.20. The zero-order valence-corrected chi connectivity index (χ0v) is 12.3. The van der Waals surface area contributed by atoms with E-state index in [1.807, 2.05) is 11.8 Å². The fraction of sp³-hybridized carbons (Fsp3) is 0.615. The van der Waals surface area contributed by atoms with E-state index < -0.39 is 0 Å². The Balaban J connectivity index is 2.05. The molecule has 0 spiro atoms. The zero-order valence-electron chi connectivity index (χ0n) is 11.6. The van der Waals surface area contributed by atoms with Crippen molar-refractivity contribution in [3.05, 3.63) is 22.7 Å². The van der Waals surface area contributed by atoms with Crippen LogP contribution in [-0.4, -0.2) is 58.9 Å². The lowest BCUT2D eigenvalue weighted by atomic mass is 10.0. The van der Waals surface area contributed by atoms with Crippen LogP contribution in [0.25, 0.3) is 0 Å². The molecular weight excluding hydrogens is 264 g/mol. The predicted molar refractivity (Wildman–Crippen MR) is 74.4 cm³/mol. The van der Waals surface area contributed by atoms with Crippen LogP contribution in [0.15, 0.2) is 6.07 Å². The maximum atomic E-state index is 12.3. The number of rotatable bonds is 2. The Morgan fingerprint density at radius 1 is 1.37 bits per heavy atom. The number of aryl methyl sites for hydroxylation is 1. The maximum Gasteiger partial charge on any atom is 0.272 e. The fourth-order valence-electron chi connectivity index (χ4n) is 2.39. The van der Waals surface area contributed by atoms with Crippen molar-refractivity contribution in [2.45, 2.75) is 25.8 Å². The van der Waals surface area contributed by atoms with Gasteiger partial charge in [0.15, 0.2) is 0 Å². The molecule has 1 aliphatic heterocycles. The number of carbonyl (C=O) groups is 1. The molecule has 1 amide bonds. The van der Waals surface area contributed by atoms with Gasteiger partial charge in [0, 0.05) is 24.8 Å². The minimum Gasteiger partial charge on any atom is -0.337 e. The maximum absolute atomic E-state index is 12.3. The molecule has 0 radical (unpaired) electrons. The third-order valence-electron chi connectivity index (χ3n) is 3.53. The van der Waals surface area contributed by atoms with Crippen LogP contribution < -0.4 is 0 Å². The molecule has 6 heteroatoms. The number of likely N-dealkylation sites (tertiary alicyclic amines) is 1. The number of nitrogens with zero attached hydrogens (tertiary/aromatic N) is 4. The summed E-state index contributed by atoms with van der Waals surface area (Å²) in [6, 6.07) is 2.24. The van der Waals surface area contributed by atoms with E-state index >= 15 is 0 Å². The number of halogens is 1. The first kappa shape index (κ1) is 14.2. The van der Waals surface area contributed by atoms with Crippen molar-refractivity contribution in [1.82, 2.24) is 19.8 Å². The first-order valence-electron chi connectivity index (χ1n) is 6.44. The van der Waals surface area contributed by atoms with Gasteiger partial charge in [-0.15, -0.1) is 0 Å². The lowest BCUT2D eigenvalue weighted by Crippen LogP contribution is -2.44. The Morgan fingerprint density at radius 2 is 2.00 bits per heavy atom. The Labute approximate surface area is 118 Å². The second kappa shape index (κ2) is 5.84. The molecule has 19 heavy (non-hydrogen) atoms. The molecule has 0 aromatic carbocycles. The minimum atomic E-state index is -0.0513. The van der Waals surface area contributed by atoms with Gasteiger partial charge in [-0.05, 0) is 51.5 Å². The third kappa shape index (κ3) is 3.42. The van der Waals surface area contributed by atoms with Crippen molar-refractivity contribution in [2.75, 3.05) is 27.2 Å². The van der Waals surface area contributed by atoms with Gasteiger partial charge in [0.1, 0.15) is 5.69 Å². The number of hydrogen-bond donors (Lipinski definition) is 0. The molecular formula is C13H19ClN4O. The molecule has 5 nitrogen and oxygen atoms in total. The van der Waals surface area contributed by atoms with Gasteiger partial charge in [-0.25, -0.2) is 9.97 Å². The summed E-state index contributed by atoms with van der Waals surface area (Å²) < 4.78 is 0. The van der Waals surface area contributed by atoms with Crippen molar-refractivity contribution in [3.8, 4) is 0 Å². The molecule has 0 aliphatic carbocycles. The van der Waals surface area contributed by atoms with Crippen LogP contribution in [0, 0.1) is 6.92 Å². The number of piperidine rings is 1. The average molecular weight is 283 g/mol. The van der Waals surface area contributed by atoms with Gasteiger partial charge in [0.05, 0.1) is 0 Å². The second-order valence-corrected chi connectivity index (χ2v) is 5.49. The van der Waals surface area contributed by atoms with E-state index in [0.29, 0.717) is 17.4 Å². The lowest BCUT2D eigenvalue weighted by molar-refractivity contribution is 0.0657. The monoisotopic (exact) mass is 282 g/mol. The third-order valence-corrected chi connectivity index (χ3v) is 3.70. The highest BCUT2D eigenvalue weighted by atomic mass is 35.5. The van der Waals surface area contributed by atoms with E-state index in [0.717, 1.165) is 25.9 Å². The molecule has 0 N–H and O–H groups in total. The second-order valence-electron chi connectivity index (χ2n) is 5.15. The molecule has 0 bridgehead atoms. The van der Waals surface area contributed by atoms with E-state index in [9.17, 15) is 4.79 Å². The molecule has 1 aromatic heterocycles. The van der Waals surface area contributed by atoms with Gasteiger partial charge >= 0.3 is 0 Å². The fourth-order valence-corrected chi connectivity index (χ4v) is 2.61. The number of hydrogen-bond acceptors (Lipinski definition) is 4. The molecule has 0 unspecified atom stereocenters. The van der Waals surface area contributed by atoms with E-state index in [-0.39, 0.29) is 11.2 Å². The highest BCUT2D eigenvalue weighted by molar-refractivity contribution is 6.28. The van der Waals surface area contributed by atoms with Crippen molar-refractivity contribution in [1.29, 1.82) is 0 Å². The van der Waals surface area contributed by atoms with Crippen LogP contribution in [0.4, 0.5) is 0 Å². The van der Waals surface area contributed by atoms with Crippen LogP contribution in [0.2, 0.25) is 5.28 Å². The Morgan fingerprint density at radius 3 is 2.53 bits per heavy atom. The van der Waals surface area contributed by atoms with Crippen LogP contribution in [-0.2, 0) is 0 Å². The normalized spacial score (nSPS) is 17.0. The standard InChI is InChI=1S/C13H19ClN4O/c1-9-8-11(16-13(14)15-9)12(19)18-6-4-10(5-7-18)17(2)3/h8,10H,4-7H2,1-3H3. The first-order valence-corrected chi connectivity index (χ1v) is 6.82. The van der Waals surface area contributed by atoms with Crippen molar-refractivity contribution in [3.63, 3.8) is 0 Å². The summed E-state index contributed by atoms with van der Waals surface area (Å²) >= 11 is 5.80. The van der Waals surface area contributed by atoms with E-state index in [4.69, 9.17) is 11.6 Å². The number of aromatic nitrogens is 2. The quantitative estimate of drug-likeness (QED) is 0.773. The largest absolute Gasteiger partial charge is 0.337 e. The average Bonchev–Trinajstić information content (AvgIpc) is 2.37.